The lowest BCUT2D eigenvalue weighted by Gasteiger charge is -2.19. The molecule has 3 rings (SSSR count). The predicted molar refractivity (Wildman–Crippen MR) is 88.7 cm³/mol. The van der Waals surface area contributed by atoms with E-state index in [4.69, 9.17) is 5.73 Å². The van der Waals surface area contributed by atoms with E-state index in [9.17, 15) is 18.0 Å². The number of halogens is 1. The van der Waals surface area contributed by atoms with Crippen LogP contribution in [0.5, 0.6) is 0 Å². The Morgan fingerprint density at radius 1 is 1.00 bits per heavy atom. The average Bonchev–Trinajstić information content (AvgIpc) is 2.97. The van der Waals surface area contributed by atoms with Crippen molar-refractivity contribution in [1.29, 1.82) is 0 Å². The fourth-order valence-electron chi connectivity index (χ4n) is 2.12. The van der Waals surface area contributed by atoms with Crippen LogP contribution >= 0.6 is 27.3 Å². The van der Waals surface area contributed by atoms with Gasteiger partial charge < -0.3 is 5.73 Å². The molecular formula is C14H9BrN2O4S2. The molecule has 0 radical (unpaired) electrons. The number of rotatable bonds is 3. The second-order valence-corrected chi connectivity index (χ2v) is 9.03. The Hall–Kier alpha value is -1.97. The van der Waals surface area contributed by atoms with Crippen molar-refractivity contribution in [2.45, 2.75) is 4.21 Å². The van der Waals surface area contributed by atoms with Gasteiger partial charge in [0.25, 0.3) is 10.0 Å². The monoisotopic (exact) mass is 412 g/mol. The van der Waals surface area contributed by atoms with E-state index in [0.29, 0.717) is 3.79 Å². The Morgan fingerprint density at radius 2 is 1.61 bits per heavy atom. The molecule has 0 atom stereocenters. The van der Waals surface area contributed by atoms with Gasteiger partial charge in [-0.3, -0.25) is 14.3 Å². The number of allylic oxidation sites excluding steroid dienone is 2. The molecular weight excluding hydrogens is 404 g/mol. The van der Waals surface area contributed by atoms with E-state index >= 15 is 0 Å². The molecule has 0 unspecified atom stereocenters. The first-order chi connectivity index (χ1) is 10.8. The van der Waals surface area contributed by atoms with Crippen LogP contribution in [0.4, 0.5) is 0 Å². The minimum absolute atomic E-state index is 0.00350. The second kappa shape index (κ2) is 5.59. The normalized spacial score (nSPS) is 14.8. The van der Waals surface area contributed by atoms with Crippen molar-refractivity contribution in [3.05, 3.63) is 62.7 Å². The summed E-state index contributed by atoms with van der Waals surface area (Å²) in [5.74, 6) is -1.21. The van der Waals surface area contributed by atoms with E-state index < -0.39 is 33.0 Å². The highest BCUT2D eigenvalue weighted by atomic mass is 79.9. The maximum absolute atomic E-state index is 12.5. The Morgan fingerprint density at radius 3 is 2.17 bits per heavy atom. The molecule has 6 nitrogen and oxygen atoms in total. The van der Waals surface area contributed by atoms with Crippen LogP contribution in [0.3, 0.4) is 0 Å². The first-order valence-electron chi connectivity index (χ1n) is 6.27. The number of fused-ring (bicyclic) bond motifs is 1. The molecule has 0 spiro atoms. The van der Waals surface area contributed by atoms with Crippen molar-refractivity contribution in [3.63, 3.8) is 0 Å². The maximum atomic E-state index is 12.5. The number of carbonyl (C=O) groups is 2. The number of hydrogen-bond acceptors (Lipinski definition) is 6. The van der Waals surface area contributed by atoms with E-state index in [2.05, 4.69) is 20.7 Å². The van der Waals surface area contributed by atoms with Crippen LogP contribution in [-0.4, -0.2) is 20.0 Å². The third kappa shape index (κ3) is 2.71. The van der Waals surface area contributed by atoms with Crippen molar-refractivity contribution in [2.24, 2.45) is 5.73 Å². The lowest BCUT2D eigenvalue weighted by molar-refractivity contribution is 0.0970. The van der Waals surface area contributed by atoms with Crippen LogP contribution in [0.1, 0.15) is 20.7 Å². The summed E-state index contributed by atoms with van der Waals surface area (Å²) in [6.07, 6.45) is 0. The summed E-state index contributed by atoms with van der Waals surface area (Å²) in [5.41, 5.74) is 5.15. The molecule has 1 aromatic heterocycles. The number of thiophene rings is 1. The van der Waals surface area contributed by atoms with Crippen LogP contribution in [0, 0.1) is 0 Å². The van der Waals surface area contributed by atoms with Gasteiger partial charge in [-0.1, -0.05) is 24.3 Å². The molecule has 1 heterocycles. The Bertz CT molecular complexity index is 976. The molecule has 1 aromatic carbocycles. The number of nitrogens with one attached hydrogen (secondary N) is 1. The van der Waals surface area contributed by atoms with Crippen molar-refractivity contribution < 1.29 is 18.0 Å². The highest BCUT2D eigenvalue weighted by Gasteiger charge is 2.33. The smallest absolute Gasteiger partial charge is 0.271 e. The molecule has 0 aliphatic heterocycles. The number of carbonyl (C=O) groups excluding carboxylic acids is 2. The summed E-state index contributed by atoms with van der Waals surface area (Å²) in [6.45, 7) is 0. The quantitative estimate of drug-likeness (QED) is 0.801. The largest absolute Gasteiger partial charge is 0.394 e. The molecule has 118 valence electrons. The average molecular weight is 413 g/mol. The van der Waals surface area contributed by atoms with Gasteiger partial charge >= 0.3 is 0 Å². The van der Waals surface area contributed by atoms with Crippen molar-refractivity contribution in [3.8, 4) is 0 Å². The van der Waals surface area contributed by atoms with Gasteiger partial charge in [0, 0.05) is 11.1 Å². The fraction of sp³-hybridized carbons (Fsp3) is 0. The molecule has 2 aromatic rings. The SMILES string of the molecule is NC1=C(NS(=O)(=O)c2ccc(Br)s2)C(=O)c2ccccc2C1=O. The molecule has 0 fully saturated rings. The van der Waals surface area contributed by atoms with E-state index in [1.807, 2.05) is 0 Å². The van der Waals surface area contributed by atoms with Crippen LogP contribution in [-0.2, 0) is 10.0 Å². The number of hydrogen-bond donors (Lipinski definition) is 2. The van der Waals surface area contributed by atoms with Crippen LogP contribution in [0.2, 0.25) is 0 Å². The number of benzene rings is 1. The predicted octanol–water partition coefficient (Wildman–Crippen LogP) is 2.04. The fourth-order valence-corrected chi connectivity index (χ4v) is 5.22. The number of Topliss-reactive ketones (excluding diaryl/α,β-unsaturated/α-hetero) is 2. The van der Waals surface area contributed by atoms with Crippen LogP contribution in [0.25, 0.3) is 0 Å². The topological polar surface area (TPSA) is 106 Å². The van der Waals surface area contributed by atoms with E-state index in [0.717, 1.165) is 11.3 Å². The summed E-state index contributed by atoms with van der Waals surface area (Å²) < 4.78 is 27.5. The van der Waals surface area contributed by atoms with Gasteiger partial charge in [-0.15, -0.1) is 11.3 Å². The van der Waals surface area contributed by atoms with E-state index in [1.165, 1.54) is 18.2 Å². The number of sulfonamides is 1. The van der Waals surface area contributed by atoms with Crippen molar-refractivity contribution in [1.82, 2.24) is 4.72 Å². The van der Waals surface area contributed by atoms with Gasteiger partial charge in [0.2, 0.25) is 11.6 Å². The van der Waals surface area contributed by atoms with Gasteiger partial charge in [-0.25, -0.2) is 8.42 Å². The third-order valence-corrected chi connectivity index (χ3v) is 6.67. The summed E-state index contributed by atoms with van der Waals surface area (Å²) in [6, 6.07) is 9.09. The van der Waals surface area contributed by atoms with Crippen molar-refractivity contribution >= 4 is 48.9 Å². The Balaban J connectivity index is 2.05. The summed E-state index contributed by atoms with van der Waals surface area (Å²) in [4.78, 5) is 24.7. The van der Waals surface area contributed by atoms with Crippen LogP contribution in [0.15, 0.2) is 55.8 Å². The molecule has 1 aliphatic rings. The summed E-state index contributed by atoms with van der Waals surface area (Å²) >= 11 is 4.15. The zero-order valence-electron chi connectivity index (χ0n) is 11.4. The molecule has 9 heteroatoms. The van der Waals surface area contributed by atoms with Gasteiger partial charge in [0.05, 0.1) is 3.79 Å². The maximum Gasteiger partial charge on any atom is 0.271 e. The minimum Gasteiger partial charge on any atom is -0.394 e. The minimum atomic E-state index is -4.00. The number of ketones is 2. The molecule has 3 N–H and O–H groups in total. The van der Waals surface area contributed by atoms with Gasteiger partial charge in [-0.2, -0.15) is 0 Å². The molecule has 1 aliphatic carbocycles. The zero-order valence-corrected chi connectivity index (χ0v) is 14.6. The highest BCUT2D eigenvalue weighted by molar-refractivity contribution is 9.11. The molecule has 0 saturated carbocycles. The van der Waals surface area contributed by atoms with E-state index in [1.54, 1.807) is 18.2 Å². The van der Waals surface area contributed by atoms with Gasteiger partial charge in [0.15, 0.2) is 0 Å². The van der Waals surface area contributed by atoms with Crippen molar-refractivity contribution in [2.75, 3.05) is 0 Å². The zero-order chi connectivity index (χ0) is 16.8. The second-order valence-electron chi connectivity index (χ2n) is 4.66. The lowest BCUT2D eigenvalue weighted by Crippen LogP contribution is -2.36. The van der Waals surface area contributed by atoms with E-state index in [-0.39, 0.29) is 15.3 Å². The molecule has 23 heavy (non-hydrogen) atoms. The third-order valence-electron chi connectivity index (χ3n) is 3.21. The summed E-state index contributed by atoms with van der Waals surface area (Å²) in [7, 11) is -4.00. The van der Waals surface area contributed by atoms with Crippen LogP contribution < -0.4 is 10.5 Å². The first-order valence-corrected chi connectivity index (χ1v) is 9.37. The van der Waals surface area contributed by atoms with Gasteiger partial charge in [-0.05, 0) is 28.1 Å². The Labute approximate surface area is 144 Å². The molecule has 0 saturated heterocycles. The lowest BCUT2D eigenvalue weighted by atomic mass is 9.91. The number of nitrogens with two attached hydrogens (primary N) is 1. The summed E-state index contributed by atoms with van der Waals surface area (Å²) in [5, 5.41) is 0. The standard InChI is InChI=1S/C14H9BrN2O4S2/c15-9-5-6-10(22-9)23(20,21)17-12-11(16)13(18)7-3-1-2-4-8(7)14(12)19/h1-6,17H,16H2. The van der Waals surface area contributed by atoms with Gasteiger partial charge in [0.1, 0.15) is 15.6 Å². The Kier molecular flexibility index (Phi) is 3.86. The highest BCUT2D eigenvalue weighted by Crippen LogP contribution is 2.28. The first kappa shape index (κ1) is 15.9. The molecule has 0 bridgehead atoms. The molecule has 0 amide bonds.